The molecule has 0 bridgehead atoms. The number of aldehydes is 1. The van der Waals surface area contributed by atoms with E-state index in [-0.39, 0.29) is 6.29 Å². The summed E-state index contributed by atoms with van der Waals surface area (Å²) < 4.78 is 0. The summed E-state index contributed by atoms with van der Waals surface area (Å²) in [7, 11) is 0. The number of hydrogen-bond acceptors (Lipinski definition) is 5. The van der Waals surface area contributed by atoms with Crippen LogP contribution in [0.3, 0.4) is 0 Å². The van der Waals surface area contributed by atoms with Gasteiger partial charge in [0.05, 0.1) is 6.10 Å². The van der Waals surface area contributed by atoms with Crippen molar-refractivity contribution in [3.8, 4) is 0 Å². The van der Waals surface area contributed by atoms with E-state index in [0.717, 1.165) is 13.8 Å². The molecule has 0 amide bonds. The standard InChI is InChI=1S/C8H16O5/c1-5(10)6(11)8(3,13)7(2,12)4-9/h4-6,10-13H,1-3H3/t5-,6+,7+,8+/m0/s1. The molecule has 0 unspecified atom stereocenters. The van der Waals surface area contributed by atoms with Crippen molar-refractivity contribution in [3.05, 3.63) is 0 Å². The summed E-state index contributed by atoms with van der Waals surface area (Å²) in [5.74, 6) is 0. The predicted molar refractivity (Wildman–Crippen MR) is 45.0 cm³/mol. The molecule has 0 rings (SSSR count). The van der Waals surface area contributed by atoms with Crippen molar-refractivity contribution in [2.75, 3.05) is 0 Å². The normalized spacial score (nSPS) is 25.5. The van der Waals surface area contributed by atoms with Gasteiger partial charge in [-0.05, 0) is 20.8 Å². The Kier molecular flexibility index (Phi) is 3.57. The molecule has 4 N–H and O–H groups in total. The van der Waals surface area contributed by atoms with E-state index in [1.165, 1.54) is 6.92 Å². The Balaban J connectivity index is 4.84. The first-order chi connectivity index (χ1) is 5.66. The minimum absolute atomic E-state index is 0.124. The third kappa shape index (κ3) is 2.25. The molecule has 0 aliphatic carbocycles. The first-order valence-electron chi connectivity index (χ1n) is 3.94. The van der Waals surface area contributed by atoms with Gasteiger partial charge in [-0.3, -0.25) is 0 Å². The zero-order valence-corrected chi connectivity index (χ0v) is 7.93. The van der Waals surface area contributed by atoms with E-state index < -0.39 is 23.4 Å². The Morgan fingerprint density at radius 3 is 1.85 bits per heavy atom. The van der Waals surface area contributed by atoms with E-state index >= 15 is 0 Å². The van der Waals surface area contributed by atoms with E-state index in [9.17, 15) is 20.1 Å². The van der Waals surface area contributed by atoms with Crippen LogP contribution >= 0.6 is 0 Å². The molecular formula is C8H16O5. The molecule has 0 aromatic carbocycles. The van der Waals surface area contributed by atoms with E-state index in [0.29, 0.717) is 0 Å². The quantitative estimate of drug-likeness (QED) is 0.403. The van der Waals surface area contributed by atoms with Gasteiger partial charge in [0, 0.05) is 0 Å². The van der Waals surface area contributed by atoms with Gasteiger partial charge >= 0.3 is 0 Å². The van der Waals surface area contributed by atoms with Crippen molar-refractivity contribution in [2.45, 2.75) is 44.2 Å². The van der Waals surface area contributed by atoms with Crippen LogP contribution in [0.1, 0.15) is 20.8 Å². The molecule has 78 valence electrons. The summed E-state index contributed by atoms with van der Waals surface area (Å²) in [5, 5.41) is 37.3. The molecule has 0 saturated carbocycles. The zero-order chi connectivity index (χ0) is 10.9. The molecule has 0 aromatic heterocycles. The molecule has 0 fully saturated rings. The minimum Gasteiger partial charge on any atom is -0.391 e. The van der Waals surface area contributed by atoms with Gasteiger partial charge in [-0.15, -0.1) is 0 Å². The number of rotatable bonds is 4. The Morgan fingerprint density at radius 1 is 1.23 bits per heavy atom. The van der Waals surface area contributed by atoms with Crippen LogP contribution in [-0.2, 0) is 4.79 Å². The van der Waals surface area contributed by atoms with Crippen molar-refractivity contribution in [2.24, 2.45) is 0 Å². The van der Waals surface area contributed by atoms with Crippen LogP contribution in [0.15, 0.2) is 0 Å². The van der Waals surface area contributed by atoms with Crippen molar-refractivity contribution >= 4 is 6.29 Å². The van der Waals surface area contributed by atoms with E-state index in [2.05, 4.69) is 0 Å². The second kappa shape index (κ2) is 3.71. The lowest BCUT2D eigenvalue weighted by Crippen LogP contribution is -2.61. The van der Waals surface area contributed by atoms with Gasteiger partial charge in [0.15, 0.2) is 6.29 Å². The summed E-state index contributed by atoms with van der Waals surface area (Å²) in [6, 6.07) is 0. The number of aliphatic hydroxyl groups is 4. The second-order valence-corrected chi connectivity index (χ2v) is 3.60. The highest BCUT2D eigenvalue weighted by Gasteiger charge is 2.48. The van der Waals surface area contributed by atoms with Crippen LogP contribution in [0.5, 0.6) is 0 Å². The molecule has 0 saturated heterocycles. The second-order valence-electron chi connectivity index (χ2n) is 3.60. The molecule has 0 heterocycles. The molecule has 0 aliphatic rings. The number of carbonyl (C=O) groups is 1. The highest BCUT2D eigenvalue weighted by atomic mass is 16.4. The van der Waals surface area contributed by atoms with Gasteiger partial charge in [0.2, 0.25) is 0 Å². The van der Waals surface area contributed by atoms with Crippen LogP contribution in [0.2, 0.25) is 0 Å². The van der Waals surface area contributed by atoms with Crippen LogP contribution in [-0.4, -0.2) is 50.1 Å². The number of carbonyl (C=O) groups excluding carboxylic acids is 1. The van der Waals surface area contributed by atoms with Gasteiger partial charge in [0.1, 0.15) is 17.3 Å². The lowest BCUT2D eigenvalue weighted by Gasteiger charge is -2.39. The summed E-state index contributed by atoms with van der Waals surface area (Å²) in [5.41, 5.74) is -4.17. The molecule has 4 atom stereocenters. The van der Waals surface area contributed by atoms with Crippen LogP contribution in [0.4, 0.5) is 0 Å². The maximum Gasteiger partial charge on any atom is 0.154 e. The van der Waals surface area contributed by atoms with Crippen LogP contribution in [0.25, 0.3) is 0 Å². The van der Waals surface area contributed by atoms with Gasteiger partial charge < -0.3 is 25.2 Å². The Bertz CT molecular complexity index is 185. The van der Waals surface area contributed by atoms with Crippen LogP contribution < -0.4 is 0 Å². The molecule has 5 heteroatoms. The molecule has 0 aromatic rings. The lowest BCUT2D eigenvalue weighted by molar-refractivity contribution is -0.198. The maximum atomic E-state index is 10.4. The smallest absolute Gasteiger partial charge is 0.154 e. The first-order valence-corrected chi connectivity index (χ1v) is 3.94. The first kappa shape index (κ1) is 12.5. The summed E-state index contributed by atoms with van der Waals surface area (Å²) in [6.07, 6.45) is -2.70. The highest BCUT2D eigenvalue weighted by Crippen LogP contribution is 2.25. The molecule has 0 radical (unpaired) electrons. The monoisotopic (exact) mass is 192 g/mol. The minimum atomic E-state index is -2.09. The van der Waals surface area contributed by atoms with Crippen molar-refractivity contribution in [1.29, 1.82) is 0 Å². The fourth-order valence-electron chi connectivity index (χ4n) is 0.888. The van der Waals surface area contributed by atoms with Gasteiger partial charge in [-0.2, -0.15) is 0 Å². The summed E-state index contributed by atoms with van der Waals surface area (Å²) in [4.78, 5) is 10.4. The predicted octanol–water partition coefficient (Wildman–Crippen LogP) is -1.57. The van der Waals surface area contributed by atoms with Crippen molar-refractivity contribution in [3.63, 3.8) is 0 Å². The van der Waals surface area contributed by atoms with Crippen molar-refractivity contribution in [1.82, 2.24) is 0 Å². The third-order valence-electron chi connectivity index (χ3n) is 2.29. The SMILES string of the molecule is C[C@H](O)[C@@H](O)[C@@](C)(O)[C@](C)(O)C=O. The van der Waals surface area contributed by atoms with Gasteiger partial charge in [-0.25, -0.2) is 0 Å². The Morgan fingerprint density at radius 2 is 1.62 bits per heavy atom. The average molecular weight is 192 g/mol. The van der Waals surface area contributed by atoms with Crippen molar-refractivity contribution < 1.29 is 25.2 Å². The molecule has 0 spiro atoms. The zero-order valence-electron chi connectivity index (χ0n) is 7.93. The summed E-state index contributed by atoms with van der Waals surface area (Å²) >= 11 is 0. The third-order valence-corrected chi connectivity index (χ3v) is 2.29. The molecule has 5 nitrogen and oxygen atoms in total. The lowest BCUT2D eigenvalue weighted by atomic mass is 9.80. The fraction of sp³-hybridized carbons (Fsp3) is 0.875. The largest absolute Gasteiger partial charge is 0.391 e. The van der Waals surface area contributed by atoms with E-state index in [1.54, 1.807) is 0 Å². The molecule has 13 heavy (non-hydrogen) atoms. The molecular weight excluding hydrogens is 176 g/mol. The number of aliphatic hydroxyl groups excluding tert-OH is 2. The van der Waals surface area contributed by atoms with Gasteiger partial charge in [0.25, 0.3) is 0 Å². The van der Waals surface area contributed by atoms with E-state index in [4.69, 9.17) is 5.11 Å². The topological polar surface area (TPSA) is 98.0 Å². The van der Waals surface area contributed by atoms with Gasteiger partial charge in [-0.1, -0.05) is 0 Å². The number of hydrogen-bond donors (Lipinski definition) is 4. The Labute approximate surface area is 76.6 Å². The highest BCUT2D eigenvalue weighted by molar-refractivity contribution is 5.64. The van der Waals surface area contributed by atoms with Crippen LogP contribution in [0, 0.1) is 0 Å². The maximum absolute atomic E-state index is 10.4. The fourth-order valence-corrected chi connectivity index (χ4v) is 0.888. The summed E-state index contributed by atoms with van der Waals surface area (Å²) in [6.45, 7) is 3.39. The Hall–Kier alpha value is -0.490. The van der Waals surface area contributed by atoms with E-state index in [1.807, 2.05) is 0 Å². The average Bonchev–Trinajstić information content (AvgIpc) is 2.02. The molecule has 0 aliphatic heterocycles.